The van der Waals surface area contributed by atoms with Crippen molar-refractivity contribution in [2.24, 2.45) is 40.7 Å². The lowest BCUT2D eigenvalue weighted by molar-refractivity contribution is -0.136. The topological polar surface area (TPSA) is 386 Å². The van der Waals surface area contributed by atoms with E-state index in [1.54, 1.807) is 30.3 Å². The van der Waals surface area contributed by atoms with E-state index in [0.29, 0.717) is 17.9 Å². The van der Waals surface area contributed by atoms with Gasteiger partial charge >= 0.3 is 0 Å². The zero-order valence-electron chi connectivity index (χ0n) is 45.2. The Labute approximate surface area is 443 Å². The molecule has 1 heterocycles. The minimum absolute atomic E-state index is 0.0371. The molecule has 75 heavy (non-hydrogen) atoms. The summed E-state index contributed by atoms with van der Waals surface area (Å²) in [7, 11) is 0. The summed E-state index contributed by atoms with van der Waals surface area (Å²) < 4.78 is 0. The Balaban J connectivity index is 2.65. The molecular formula is C52H91N13O10. The molecule has 1 aliphatic heterocycles. The van der Waals surface area contributed by atoms with Crippen LogP contribution in [0, 0.1) is 17.8 Å². The second-order valence-corrected chi connectivity index (χ2v) is 20.8. The number of carbonyl (C=O) groups excluding carboxylic acids is 9. The van der Waals surface area contributed by atoms with Crippen LogP contribution < -0.4 is 70.8 Å². The Morgan fingerprint density at radius 2 is 1.01 bits per heavy atom. The molecule has 0 spiro atoms. The molecular weight excluding hydrogens is 967 g/mol. The van der Waals surface area contributed by atoms with Gasteiger partial charge in [0.1, 0.15) is 48.3 Å². The smallest absolute Gasteiger partial charge is 0.243 e. The summed E-state index contributed by atoms with van der Waals surface area (Å²) in [6.07, 6.45) is 2.47. The maximum atomic E-state index is 14.4. The standard InChI is InChI=1S/C52H91N13O10/c1-31(2)13-9-7-12-16-35(66)30-44(67)58-36(17-22-53)46(69)62-40-21-26-57-45(68)41(27-32(3)4)63-48(71)38(19-24-55)59-47(70)37(18-23-54)61-52(75)43(29-34-14-10-8-11-15-34)65-51(74)42(28-33(5)6)64-49(72)39(20-25-56)60-50(40)73/h8,10-11,14-15,31-33,35-43,66H,7,9,12-13,16-30,53-56H2,1-6H3,(H,57,68)(H,58,67)(H,59,70)(H,60,73)(H,61,75)(H,62,69)(H,63,71)(H,64,72)(H,65,74)/t35-,36-,37+,38+,39+,40+,41+,42-,43+/m1/s1. The van der Waals surface area contributed by atoms with Crippen molar-refractivity contribution in [2.45, 2.75) is 186 Å². The van der Waals surface area contributed by atoms with E-state index in [-0.39, 0.29) is 102 Å². The van der Waals surface area contributed by atoms with Gasteiger partial charge in [0, 0.05) is 13.0 Å². The number of nitrogens with two attached hydrogens (primary N) is 4. The second kappa shape index (κ2) is 35.5. The number of carbonyl (C=O) groups is 9. The van der Waals surface area contributed by atoms with Gasteiger partial charge in [0.25, 0.3) is 0 Å². The molecule has 0 aliphatic carbocycles. The monoisotopic (exact) mass is 1060 g/mol. The van der Waals surface area contributed by atoms with Crippen LogP contribution in [0.5, 0.6) is 0 Å². The van der Waals surface area contributed by atoms with Crippen LogP contribution in [0.25, 0.3) is 0 Å². The average Bonchev–Trinajstić information content (AvgIpc) is 3.34. The van der Waals surface area contributed by atoms with Gasteiger partial charge in [-0.15, -0.1) is 0 Å². The molecule has 18 N–H and O–H groups in total. The van der Waals surface area contributed by atoms with Crippen molar-refractivity contribution in [1.29, 1.82) is 0 Å². The molecule has 9 atom stereocenters. The first-order chi connectivity index (χ1) is 35.6. The van der Waals surface area contributed by atoms with Gasteiger partial charge in [0.15, 0.2) is 0 Å². The summed E-state index contributed by atoms with van der Waals surface area (Å²) in [6, 6.07) is -1.55. The first-order valence-corrected chi connectivity index (χ1v) is 26.8. The van der Waals surface area contributed by atoms with E-state index in [9.17, 15) is 48.3 Å². The number of aliphatic hydroxyl groups excluding tert-OH is 1. The molecule has 0 bridgehead atoms. The quantitative estimate of drug-likeness (QED) is 0.0495. The zero-order chi connectivity index (χ0) is 56.0. The fraction of sp³-hybridized carbons (Fsp3) is 0.712. The highest BCUT2D eigenvalue weighted by Crippen LogP contribution is 2.14. The molecule has 23 nitrogen and oxygen atoms in total. The number of hydrogen-bond acceptors (Lipinski definition) is 14. The lowest BCUT2D eigenvalue weighted by atomic mass is 10.00. The summed E-state index contributed by atoms with van der Waals surface area (Å²) in [5.41, 5.74) is 24.3. The number of amides is 9. The van der Waals surface area contributed by atoms with Crippen molar-refractivity contribution in [2.75, 3.05) is 32.7 Å². The Kier molecular flexibility index (Phi) is 30.9. The minimum Gasteiger partial charge on any atom is -0.393 e. The summed E-state index contributed by atoms with van der Waals surface area (Å²) in [5.74, 6) is -6.53. The van der Waals surface area contributed by atoms with Gasteiger partial charge in [-0.05, 0) is 101 Å². The molecule has 0 unspecified atom stereocenters. The lowest BCUT2D eigenvalue weighted by Crippen LogP contribution is -2.61. The van der Waals surface area contributed by atoms with Crippen LogP contribution in [-0.2, 0) is 49.6 Å². The van der Waals surface area contributed by atoms with E-state index in [2.05, 4.69) is 61.7 Å². The molecule has 1 aliphatic rings. The third kappa shape index (κ3) is 25.6. The number of rotatable bonds is 25. The minimum atomic E-state index is -1.46. The van der Waals surface area contributed by atoms with E-state index in [1.165, 1.54) is 0 Å². The number of unbranched alkanes of at least 4 members (excludes halogenated alkanes) is 2. The third-order valence-corrected chi connectivity index (χ3v) is 12.6. The van der Waals surface area contributed by atoms with E-state index >= 15 is 0 Å². The lowest BCUT2D eigenvalue weighted by Gasteiger charge is -2.28. The fourth-order valence-electron chi connectivity index (χ4n) is 8.52. The molecule has 0 radical (unpaired) electrons. The van der Waals surface area contributed by atoms with Crippen molar-refractivity contribution in [3.05, 3.63) is 35.9 Å². The van der Waals surface area contributed by atoms with Crippen molar-refractivity contribution in [3.8, 4) is 0 Å². The zero-order valence-corrected chi connectivity index (χ0v) is 45.2. The molecule has 1 aromatic carbocycles. The molecule has 1 saturated heterocycles. The van der Waals surface area contributed by atoms with E-state index in [4.69, 9.17) is 22.9 Å². The van der Waals surface area contributed by atoms with Crippen molar-refractivity contribution >= 4 is 53.2 Å². The van der Waals surface area contributed by atoms with Gasteiger partial charge in [-0.1, -0.05) is 97.6 Å². The van der Waals surface area contributed by atoms with Gasteiger partial charge in [0.2, 0.25) is 53.2 Å². The fourth-order valence-corrected chi connectivity index (χ4v) is 8.52. The second-order valence-electron chi connectivity index (χ2n) is 20.8. The third-order valence-electron chi connectivity index (χ3n) is 12.6. The number of benzene rings is 1. The van der Waals surface area contributed by atoms with Crippen LogP contribution in [-0.4, -0.2) is 145 Å². The molecule has 1 aromatic rings. The number of aliphatic hydroxyl groups is 1. The predicted octanol–water partition coefficient (Wildman–Crippen LogP) is -1.53. The molecule has 424 valence electrons. The van der Waals surface area contributed by atoms with Gasteiger partial charge in [-0.2, -0.15) is 0 Å². The van der Waals surface area contributed by atoms with Crippen LogP contribution in [0.2, 0.25) is 0 Å². The van der Waals surface area contributed by atoms with Gasteiger partial charge in [0.05, 0.1) is 12.5 Å². The van der Waals surface area contributed by atoms with Crippen LogP contribution in [0.15, 0.2) is 30.3 Å². The molecule has 23 heteroatoms. The summed E-state index contributed by atoms with van der Waals surface area (Å²) in [6.45, 7) is 11.1. The molecule has 0 aromatic heterocycles. The Hall–Kier alpha value is -5.75. The SMILES string of the molecule is CC(C)CCCCC[C@@H](O)CC(=O)N[C@H](CCN)C(=O)N[C@H]1CCNC(=O)[C@H](CC(C)C)NC(=O)[C@H](CCN)NC(=O)[C@H](CCN)NC(=O)[C@H](Cc2ccccc2)NC(=O)[C@@H](CC(C)C)NC(=O)[C@H](CCN)NC1=O. The number of hydrogen-bond donors (Lipinski definition) is 14. The van der Waals surface area contributed by atoms with Gasteiger partial charge in [-0.25, -0.2) is 0 Å². The van der Waals surface area contributed by atoms with E-state index < -0.39 is 108 Å². The van der Waals surface area contributed by atoms with Crippen molar-refractivity contribution < 1.29 is 48.3 Å². The maximum absolute atomic E-state index is 14.4. The van der Waals surface area contributed by atoms with Crippen LogP contribution in [0.1, 0.15) is 131 Å². The Bertz CT molecular complexity index is 1960. The van der Waals surface area contributed by atoms with Crippen LogP contribution >= 0.6 is 0 Å². The molecule has 9 amide bonds. The van der Waals surface area contributed by atoms with Crippen molar-refractivity contribution in [3.63, 3.8) is 0 Å². The summed E-state index contributed by atoms with van der Waals surface area (Å²) >= 11 is 0. The molecule has 2 rings (SSSR count). The van der Waals surface area contributed by atoms with E-state index in [0.717, 1.165) is 25.7 Å². The largest absolute Gasteiger partial charge is 0.393 e. The first-order valence-electron chi connectivity index (χ1n) is 26.8. The van der Waals surface area contributed by atoms with Gasteiger partial charge < -0.3 is 75.9 Å². The number of nitrogens with one attached hydrogen (secondary N) is 9. The summed E-state index contributed by atoms with van der Waals surface area (Å²) in [4.78, 5) is 126. The molecule has 0 saturated carbocycles. The highest BCUT2D eigenvalue weighted by Gasteiger charge is 2.35. The normalized spacial score (nSPS) is 23.0. The highest BCUT2D eigenvalue weighted by atomic mass is 16.3. The molecule has 1 fully saturated rings. The first kappa shape index (κ1) is 65.4. The maximum Gasteiger partial charge on any atom is 0.243 e. The average molecular weight is 1060 g/mol. The summed E-state index contributed by atoms with van der Waals surface area (Å²) in [5, 5.41) is 34.8. The Morgan fingerprint density at radius 1 is 0.560 bits per heavy atom. The highest BCUT2D eigenvalue weighted by molar-refractivity contribution is 5.98. The van der Waals surface area contributed by atoms with Gasteiger partial charge in [-0.3, -0.25) is 43.2 Å². The Morgan fingerprint density at radius 3 is 1.51 bits per heavy atom. The van der Waals surface area contributed by atoms with Crippen LogP contribution in [0.4, 0.5) is 0 Å². The van der Waals surface area contributed by atoms with Crippen LogP contribution in [0.3, 0.4) is 0 Å². The van der Waals surface area contributed by atoms with Crippen molar-refractivity contribution in [1.82, 2.24) is 47.9 Å². The van der Waals surface area contributed by atoms with E-state index in [1.807, 2.05) is 27.7 Å². The predicted molar refractivity (Wildman–Crippen MR) is 285 cm³/mol.